The molecule has 1 fully saturated rings. The number of hydrogen-bond acceptors (Lipinski definition) is 4. The minimum atomic E-state index is -0.140. The van der Waals surface area contributed by atoms with Gasteiger partial charge in [-0.2, -0.15) is 0 Å². The summed E-state index contributed by atoms with van der Waals surface area (Å²) in [5.41, 5.74) is 0.0568. The molecular formula is C12H24N2O2. The Morgan fingerprint density at radius 2 is 2.19 bits per heavy atom. The molecule has 0 spiro atoms. The molecule has 1 heterocycles. The number of nitrogens with zero attached hydrogens (tertiary/aromatic N) is 1. The molecule has 1 aliphatic heterocycles. The molecule has 0 aromatic carbocycles. The molecule has 0 amide bonds. The van der Waals surface area contributed by atoms with Gasteiger partial charge in [-0.15, -0.1) is 0 Å². The average Bonchev–Trinajstić information content (AvgIpc) is 2.14. The minimum Gasteiger partial charge on any atom is -0.469 e. The highest BCUT2D eigenvalue weighted by Crippen LogP contribution is 2.17. The van der Waals surface area contributed by atoms with Crippen molar-refractivity contribution in [1.82, 2.24) is 10.2 Å². The molecule has 4 nitrogen and oxygen atoms in total. The highest BCUT2D eigenvalue weighted by Gasteiger charge is 2.33. The SMILES string of the molecule is COC(=O)CC1CN(C(C)C)CC(C)(C)N1. The summed E-state index contributed by atoms with van der Waals surface area (Å²) in [5, 5.41) is 3.50. The van der Waals surface area contributed by atoms with Crippen LogP contribution >= 0.6 is 0 Å². The first-order valence-electron chi connectivity index (χ1n) is 5.92. The quantitative estimate of drug-likeness (QED) is 0.732. The Labute approximate surface area is 98.3 Å². The fraction of sp³-hybridized carbons (Fsp3) is 0.917. The second-order valence-electron chi connectivity index (χ2n) is 5.53. The van der Waals surface area contributed by atoms with Crippen LogP contribution in [0.3, 0.4) is 0 Å². The Morgan fingerprint density at radius 1 is 1.56 bits per heavy atom. The minimum absolute atomic E-state index is 0.0568. The Bertz CT molecular complexity index is 251. The smallest absolute Gasteiger partial charge is 0.307 e. The highest BCUT2D eigenvalue weighted by molar-refractivity contribution is 5.70. The Hall–Kier alpha value is -0.610. The monoisotopic (exact) mass is 228 g/mol. The summed E-state index contributed by atoms with van der Waals surface area (Å²) in [6.07, 6.45) is 0.448. The van der Waals surface area contributed by atoms with Crippen molar-refractivity contribution >= 4 is 5.97 Å². The molecule has 1 atom stereocenters. The zero-order valence-electron chi connectivity index (χ0n) is 11.0. The van der Waals surface area contributed by atoms with Crippen LogP contribution in [0.1, 0.15) is 34.1 Å². The van der Waals surface area contributed by atoms with Gasteiger partial charge >= 0.3 is 5.97 Å². The lowest BCUT2D eigenvalue weighted by Crippen LogP contribution is -2.63. The topological polar surface area (TPSA) is 41.6 Å². The summed E-state index contributed by atoms with van der Waals surface area (Å²) < 4.78 is 4.72. The highest BCUT2D eigenvalue weighted by atomic mass is 16.5. The number of nitrogens with one attached hydrogen (secondary N) is 1. The zero-order chi connectivity index (χ0) is 12.3. The summed E-state index contributed by atoms with van der Waals surface area (Å²) in [4.78, 5) is 13.7. The summed E-state index contributed by atoms with van der Waals surface area (Å²) >= 11 is 0. The zero-order valence-corrected chi connectivity index (χ0v) is 11.0. The molecule has 0 aromatic heterocycles. The molecule has 1 saturated heterocycles. The van der Waals surface area contributed by atoms with Crippen molar-refractivity contribution in [3.63, 3.8) is 0 Å². The van der Waals surface area contributed by atoms with E-state index in [1.54, 1.807) is 0 Å². The largest absolute Gasteiger partial charge is 0.469 e. The first-order valence-corrected chi connectivity index (χ1v) is 5.92. The third-order valence-electron chi connectivity index (χ3n) is 3.02. The molecule has 1 aliphatic rings. The lowest BCUT2D eigenvalue weighted by molar-refractivity contribution is -0.141. The molecule has 1 rings (SSSR count). The van der Waals surface area contributed by atoms with Gasteiger partial charge in [-0.05, 0) is 27.7 Å². The predicted molar refractivity (Wildman–Crippen MR) is 64.3 cm³/mol. The van der Waals surface area contributed by atoms with Crippen molar-refractivity contribution in [2.75, 3.05) is 20.2 Å². The molecule has 0 aliphatic carbocycles. The number of methoxy groups -OCH3 is 1. The van der Waals surface area contributed by atoms with Crippen LogP contribution in [0.5, 0.6) is 0 Å². The van der Waals surface area contributed by atoms with Crippen molar-refractivity contribution in [2.24, 2.45) is 0 Å². The third kappa shape index (κ3) is 3.76. The van der Waals surface area contributed by atoms with Crippen LogP contribution in [0.25, 0.3) is 0 Å². The first-order chi connectivity index (χ1) is 7.34. The second-order valence-corrected chi connectivity index (χ2v) is 5.53. The van der Waals surface area contributed by atoms with Gasteiger partial charge in [-0.1, -0.05) is 0 Å². The van der Waals surface area contributed by atoms with Gasteiger partial charge in [0, 0.05) is 30.7 Å². The van der Waals surface area contributed by atoms with Crippen molar-refractivity contribution in [1.29, 1.82) is 0 Å². The molecule has 94 valence electrons. The molecule has 1 N–H and O–H groups in total. The van der Waals surface area contributed by atoms with Gasteiger partial charge in [0.05, 0.1) is 13.5 Å². The van der Waals surface area contributed by atoms with Gasteiger partial charge in [0.25, 0.3) is 0 Å². The number of esters is 1. The molecule has 0 saturated carbocycles. The van der Waals surface area contributed by atoms with Gasteiger partial charge < -0.3 is 10.1 Å². The molecular weight excluding hydrogens is 204 g/mol. The van der Waals surface area contributed by atoms with Crippen LogP contribution < -0.4 is 5.32 Å². The number of hydrogen-bond donors (Lipinski definition) is 1. The van der Waals surface area contributed by atoms with E-state index in [9.17, 15) is 4.79 Å². The van der Waals surface area contributed by atoms with Gasteiger partial charge in [0.1, 0.15) is 0 Å². The van der Waals surface area contributed by atoms with E-state index in [2.05, 4.69) is 37.9 Å². The van der Waals surface area contributed by atoms with E-state index in [-0.39, 0.29) is 17.6 Å². The Balaban J connectivity index is 2.61. The fourth-order valence-corrected chi connectivity index (χ4v) is 2.29. The predicted octanol–water partition coefficient (Wildman–Crippen LogP) is 1.01. The maximum absolute atomic E-state index is 11.3. The van der Waals surface area contributed by atoms with Crippen LogP contribution in [-0.2, 0) is 9.53 Å². The normalized spacial score (nSPS) is 25.8. The summed E-state index contributed by atoms with van der Waals surface area (Å²) in [6, 6.07) is 0.708. The summed E-state index contributed by atoms with van der Waals surface area (Å²) in [6.45, 7) is 10.7. The van der Waals surface area contributed by atoms with E-state index in [0.29, 0.717) is 12.5 Å². The fourth-order valence-electron chi connectivity index (χ4n) is 2.29. The van der Waals surface area contributed by atoms with Gasteiger partial charge in [0.2, 0.25) is 0 Å². The molecule has 0 bridgehead atoms. The average molecular weight is 228 g/mol. The number of ether oxygens (including phenoxy) is 1. The van der Waals surface area contributed by atoms with Gasteiger partial charge in [-0.25, -0.2) is 0 Å². The standard InChI is InChI=1S/C12H24N2O2/c1-9(2)14-7-10(6-11(15)16-5)13-12(3,4)8-14/h9-10,13H,6-8H2,1-5H3. The van der Waals surface area contributed by atoms with Crippen LogP contribution in [0, 0.1) is 0 Å². The van der Waals surface area contributed by atoms with E-state index < -0.39 is 0 Å². The number of rotatable bonds is 3. The summed E-state index contributed by atoms with van der Waals surface area (Å²) in [7, 11) is 1.44. The first kappa shape index (κ1) is 13.5. The maximum Gasteiger partial charge on any atom is 0.307 e. The van der Waals surface area contributed by atoms with Crippen LogP contribution in [-0.4, -0.2) is 48.7 Å². The Morgan fingerprint density at radius 3 is 2.69 bits per heavy atom. The van der Waals surface area contributed by atoms with Crippen molar-refractivity contribution < 1.29 is 9.53 Å². The van der Waals surface area contributed by atoms with Crippen LogP contribution in [0.15, 0.2) is 0 Å². The van der Waals surface area contributed by atoms with E-state index in [4.69, 9.17) is 4.74 Å². The Kier molecular flexibility index (Phi) is 4.33. The van der Waals surface area contributed by atoms with E-state index in [0.717, 1.165) is 13.1 Å². The lowest BCUT2D eigenvalue weighted by atomic mass is 9.96. The molecule has 1 unspecified atom stereocenters. The number of piperazine rings is 1. The van der Waals surface area contributed by atoms with Crippen molar-refractivity contribution in [3.05, 3.63) is 0 Å². The number of carbonyl (C=O) groups is 1. The van der Waals surface area contributed by atoms with Gasteiger partial charge in [-0.3, -0.25) is 9.69 Å². The van der Waals surface area contributed by atoms with E-state index in [1.165, 1.54) is 7.11 Å². The lowest BCUT2D eigenvalue weighted by Gasteiger charge is -2.45. The third-order valence-corrected chi connectivity index (χ3v) is 3.02. The van der Waals surface area contributed by atoms with Crippen LogP contribution in [0.2, 0.25) is 0 Å². The second kappa shape index (κ2) is 5.15. The molecule has 4 heteroatoms. The summed E-state index contributed by atoms with van der Waals surface area (Å²) in [5.74, 6) is -0.140. The van der Waals surface area contributed by atoms with Crippen molar-refractivity contribution in [3.8, 4) is 0 Å². The van der Waals surface area contributed by atoms with Crippen LogP contribution in [0.4, 0.5) is 0 Å². The maximum atomic E-state index is 11.3. The molecule has 0 aromatic rings. The number of carbonyl (C=O) groups excluding carboxylic acids is 1. The molecule has 16 heavy (non-hydrogen) atoms. The van der Waals surface area contributed by atoms with E-state index >= 15 is 0 Å². The van der Waals surface area contributed by atoms with Gasteiger partial charge in [0.15, 0.2) is 0 Å². The molecule has 0 radical (unpaired) electrons. The van der Waals surface area contributed by atoms with E-state index in [1.807, 2.05) is 0 Å². The van der Waals surface area contributed by atoms with Crippen molar-refractivity contribution in [2.45, 2.75) is 51.7 Å².